The molecule has 1 unspecified atom stereocenters. The van der Waals surface area contributed by atoms with Crippen molar-refractivity contribution in [1.29, 1.82) is 0 Å². The van der Waals surface area contributed by atoms with Crippen molar-refractivity contribution in [2.24, 2.45) is 7.05 Å². The lowest BCUT2D eigenvalue weighted by atomic mass is 10.0. The number of hydrogen-bond acceptors (Lipinski definition) is 6. The second kappa shape index (κ2) is 9.95. The lowest BCUT2D eigenvalue weighted by molar-refractivity contribution is 0.0631. The zero-order valence-corrected chi connectivity index (χ0v) is 18.6. The Hall–Kier alpha value is -2.88. The third kappa shape index (κ3) is 4.43. The fourth-order valence-electron chi connectivity index (χ4n) is 3.69. The zero-order chi connectivity index (χ0) is 20.5. The predicted molar refractivity (Wildman–Crippen MR) is 122 cm³/mol. The molecule has 166 valence electrons. The van der Waals surface area contributed by atoms with E-state index >= 15 is 0 Å². The number of piperazine rings is 1. The number of benzene rings is 1. The van der Waals surface area contributed by atoms with E-state index in [2.05, 4.69) is 15.3 Å². The van der Waals surface area contributed by atoms with Crippen LogP contribution in [0.3, 0.4) is 0 Å². The molecule has 0 aliphatic carbocycles. The Morgan fingerprint density at radius 1 is 1.23 bits per heavy atom. The summed E-state index contributed by atoms with van der Waals surface area (Å²) in [6.45, 7) is 1.75. The van der Waals surface area contributed by atoms with E-state index in [0.717, 1.165) is 5.56 Å². The molecule has 1 fully saturated rings. The molecule has 1 saturated heterocycles. The summed E-state index contributed by atoms with van der Waals surface area (Å²) in [5.41, 5.74) is 0.323. The second-order valence-corrected chi connectivity index (χ2v) is 6.87. The summed E-state index contributed by atoms with van der Waals surface area (Å²) in [5.74, 6) is 0.479. The number of pyridine rings is 1. The van der Waals surface area contributed by atoms with E-state index in [1.807, 2.05) is 24.3 Å². The first-order chi connectivity index (χ1) is 14.0. The molecule has 1 aliphatic rings. The topological polar surface area (TPSA) is 109 Å². The number of H-pyrrole nitrogens is 1. The first-order valence-electron chi connectivity index (χ1n) is 9.25. The van der Waals surface area contributed by atoms with Gasteiger partial charge in [-0.3, -0.25) is 19.1 Å². The highest BCUT2D eigenvalue weighted by Gasteiger charge is 2.30. The van der Waals surface area contributed by atoms with Crippen molar-refractivity contribution in [3.05, 3.63) is 68.5 Å². The highest BCUT2D eigenvalue weighted by molar-refractivity contribution is 5.97. The number of amides is 1. The van der Waals surface area contributed by atoms with E-state index in [1.54, 1.807) is 12.0 Å². The number of halogens is 2. The van der Waals surface area contributed by atoms with E-state index in [-0.39, 0.29) is 47.8 Å². The smallest absolute Gasteiger partial charge is 0.329 e. The van der Waals surface area contributed by atoms with Crippen LogP contribution in [-0.2, 0) is 7.05 Å². The summed E-state index contributed by atoms with van der Waals surface area (Å²) in [6, 6.07) is 8.87. The van der Waals surface area contributed by atoms with Crippen molar-refractivity contribution in [1.82, 2.24) is 24.8 Å². The molecule has 2 aromatic heterocycles. The van der Waals surface area contributed by atoms with Gasteiger partial charge in [-0.25, -0.2) is 9.78 Å². The number of ether oxygens (including phenoxy) is 1. The van der Waals surface area contributed by atoms with Gasteiger partial charge in [0.15, 0.2) is 0 Å². The number of carbonyl (C=O) groups is 1. The average molecular weight is 468 g/mol. The summed E-state index contributed by atoms with van der Waals surface area (Å²) in [7, 11) is 3.12. The maximum Gasteiger partial charge on any atom is 0.329 e. The molecule has 0 saturated carbocycles. The molecule has 1 amide bonds. The van der Waals surface area contributed by atoms with Crippen molar-refractivity contribution < 1.29 is 9.53 Å². The molecule has 11 heteroatoms. The van der Waals surface area contributed by atoms with Crippen LogP contribution in [0.4, 0.5) is 0 Å². The molecule has 9 nitrogen and oxygen atoms in total. The summed E-state index contributed by atoms with van der Waals surface area (Å²) in [5, 5.41) is 3.51. The number of nitrogens with one attached hydrogen (secondary N) is 2. The summed E-state index contributed by atoms with van der Waals surface area (Å²) < 4.78 is 6.72. The van der Waals surface area contributed by atoms with Crippen LogP contribution in [-0.4, -0.2) is 52.1 Å². The Morgan fingerprint density at radius 2 is 1.97 bits per heavy atom. The number of carbonyl (C=O) groups excluding carboxylic acids is 1. The maximum absolute atomic E-state index is 13.3. The van der Waals surface area contributed by atoms with Crippen molar-refractivity contribution in [3.8, 4) is 5.75 Å². The Morgan fingerprint density at radius 3 is 2.71 bits per heavy atom. The minimum Gasteiger partial charge on any atom is -0.496 e. The molecule has 0 bridgehead atoms. The van der Waals surface area contributed by atoms with Gasteiger partial charge in [-0.2, -0.15) is 0 Å². The van der Waals surface area contributed by atoms with Crippen LogP contribution in [0.25, 0.3) is 11.0 Å². The van der Waals surface area contributed by atoms with Gasteiger partial charge in [-0.05, 0) is 12.1 Å². The zero-order valence-electron chi connectivity index (χ0n) is 17.0. The molecular formula is C20H23Cl2N5O4. The molecule has 1 atom stereocenters. The lowest BCUT2D eigenvalue weighted by Crippen LogP contribution is -2.48. The highest BCUT2D eigenvalue weighted by Crippen LogP contribution is 2.31. The highest BCUT2D eigenvalue weighted by atomic mass is 35.5. The number of aromatic amines is 1. The van der Waals surface area contributed by atoms with Crippen LogP contribution in [0.5, 0.6) is 5.75 Å². The summed E-state index contributed by atoms with van der Waals surface area (Å²) >= 11 is 0. The Balaban J connectivity index is 0.00000171. The number of methoxy groups -OCH3 is 1. The first-order valence-corrected chi connectivity index (χ1v) is 9.25. The summed E-state index contributed by atoms with van der Waals surface area (Å²) in [4.78, 5) is 45.5. The monoisotopic (exact) mass is 467 g/mol. The SMILES string of the molecule is COc1ccccc1C1CNCCN1C(=O)c1cnc2c(c1)c(=O)[nH]c(=O)n2C.Cl.Cl. The third-order valence-corrected chi connectivity index (χ3v) is 5.20. The van der Waals surface area contributed by atoms with Gasteiger partial charge < -0.3 is 15.0 Å². The van der Waals surface area contributed by atoms with Crippen LogP contribution in [0.2, 0.25) is 0 Å². The van der Waals surface area contributed by atoms with E-state index in [9.17, 15) is 14.4 Å². The third-order valence-electron chi connectivity index (χ3n) is 5.20. The van der Waals surface area contributed by atoms with Crippen molar-refractivity contribution in [2.75, 3.05) is 26.7 Å². The van der Waals surface area contributed by atoms with Gasteiger partial charge in [-0.15, -0.1) is 24.8 Å². The van der Waals surface area contributed by atoms with Crippen LogP contribution >= 0.6 is 24.8 Å². The normalized spacial score (nSPS) is 15.7. The first kappa shape index (κ1) is 24.4. The molecule has 3 aromatic rings. The van der Waals surface area contributed by atoms with Crippen molar-refractivity contribution in [2.45, 2.75) is 6.04 Å². The number of para-hydroxylation sites is 1. The fraction of sp³-hybridized carbons (Fsp3) is 0.300. The average Bonchev–Trinajstić information content (AvgIpc) is 2.76. The number of aromatic nitrogens is 3. The van der Waals surface area contributed by atoms with Gasteiger partial charge in [0.05, 0.1) is 24.1 Å². The molecule has 0 spiro atoms. The van der Waals surface area contributed by atoms with Gasteiger partial charge in [0.2, 0.25) is 0 Å². The van der Waals surface area contributed by atoms with Crippen LogP contribution < -0.4 is 21.3 Å². The molecule has 4 rings (SSSR count). The van der Waals surface area contributed by atoms with Crippen molar-refractivity contribution in [3.63, 3.8) is 0 Å². The second-order valence-electron chi connectivity index (χ2n) is 6.87. The Labute approximate surface area is 190 Å². The standard InChI is InChI=1S/C20H21N5O4.2ClH/c1-24-17-14(18(26)23-20(24)28)9-12(10-22-17)19(27)25-8-7-21-11-15(25)13-5-3-4-6-16(13)29-2;;/h3-6,9-10,15,21H,7-8,11H2,1-2H3,(H,23,26,28);2*1H. The van der Waals surface area contributed by atoms with Gasteiger partial charge in [0.1, 0.15) is 11.4 Å². The summed E-state index contributed by atoms with van der Waals surface area (Å²) in [6.07, 6.45) is 1.41. The van der Waals surface area contributed by atoms with Gasteiger partial charge in [0, 0.05) is 38.4 Å². The molecular weight excluding hydrogens is 445 g/mol. The maximum atomic E-state index is 13.3. The number of hydrogen-bond donors (Lipinski definition) is 2. The number of aryl methyl sites for hydroxylation is 1. The quantitative estimate of drug-likeness (QED) is 0.599. The molecule has 3 heterocycles. The van der Waals surface area contributed by atoms with Gasteiger partial charge >= 0.3 is 5.69 Å². The van der Waals surface area contributed by atoms with E-state index in [1.165, 1.54) is 23.9 Å². The van der Waals surface area contributed by atoms with E-state index < -0.39 is 11.2 Å². The minimum atomic E-state index is -0.563. The lowest BCUT2D eigenvalue weighted by Gasteiger charge is -2.37. The van der Waals surface area contributed by atoms with E-state index in [4.69, 9.17) is 4.74 Å². The Bertz CT molecular complexity index is 1210. The van der Waals surface area contributed by atoms with Gasteiger partial charge in [-0.1, -0.05) is 18.2 Å². The molecule has 1 aliphatic heterocycles. The molecule has 1 aromatic carbocycles. The van der Waals surface area contributed by atoms with Crippen LogP contribution in [0, 0.1) is 0 Å². The van der Waals surface area contributed by atoms with Crippen molar-refractivity contribution >= 4 is 41.8 Å². The molecule has 2 N–H and O–H groups in total. The predicted octanol–water partition coefficient (Wildman–Crippen LogP) is 1.26. The number of nitrogens with zero attached hydrogens (tertiary/aromatic N) is 3. The minimum absolute atomic E-state index is 0. The molecule has 31 heavy (non-hydrogen) atoms. The fourth-order valence-corrected chi connectivity index (χ4v) is 3.69. The number of rotatable bonds is 3. The largest absolute Gasteiger partial charge is 0.496 e. The molecule has 0 radical (unpaired) electrons. The van der Waals surface area contributed by atoms with E-state index in [0.29, 0.717) is 30.9 Å². The van der Waals surface area contributed by atoms with Crippen LogP contribution in [0.1, 0.15) is 22.0 Å². The van der Waals surface area contributed by atoms with Gasteiger partial charge in [0.25, 0.3) is 11.5 Å². The number of fused-ring (bicyclic) bond motifs is 1. The van der Waals surface area contributed by atoms with Crippen LogP contribution in [0.15, 0.2) is 46.1 Å². The Kier molecular flexibility index (Phi) is 7.83.